The van der Waals surface area contributed by atoms with Gasteiger partial charge in [0.05, 0.1) is 11.3 Å². The Balaban J connectivity index is 2.28. The van der Waals surface area contributed by atoms with Crippen molar-refractivity contribution in [2.75, 3.05) is 18.5 Å². The van der Waals surface area contributed by atoms with Gasteiger partial charge in [-0.25, -0.2) is 0 Å². The normalized spacial score (nSPS) is 14.5. The maximum Gasteiger partial charge on any atom is 0.101 e. The fourth-order valence-corrected chi connectivity index (χ4v) is 2.46. The summed E-state index contributed by atoms with van der Waals surface area (Å²) in [7, 11) is 1.93. The van der Waals surface area contributed by atoms with Gasteiger partial charge in [0.15, 0.2) is 0 Å². The van der Waals surface area contributed by atoms with Crippen molar-refractivity contribution in [1.29, 1.82) is 5.26 Å². The van der Waals surface area contributed by atoms with Crippen LogP contribution >= 0.6 is 0 Å². The third kappa shape index (κ3) is 3.48. The van der Waals surface area contributed by atoms with E-state index < -0.39 is 0 Å². The summed E-state index contributed by atoms with van der Waals surface area (Å²) in [4.78, 5) is 2.42. The molecule has 3 nitrogen and oxygen atoms in total. The minimum Gasteiger partial charge on any atom is -0.367 e. The highest BCUT2D eigenvalue weighted by molar-refractivity contribution is 5.61. The van der Waals surface area contributed by atoms with Gasteiger partial charge in [-0.05, 0) is 43.5 Å². The van der Waals surface area contributed by atoms with Crippen LogP contribution in [0.15, 0.2) is 18.2 Å². The van der Waals surface area contributed by atoms with Crippen molar-refractivity contribution < 1.29 is 0 Å². The zero-order valence-electron chi connectivity index (χ0n) is 12.1. The largest absolute Gasteiger partial charge is 0.367 e. The van der Waals surface area contributed by atoms with Crippen molar-refractivity contribution in [3.63, 3.8) is 0 Å². The van der Waals surface area contributed by atoms with Crippen LogP contribution in [0.2, 0.25) is 0 Å². The lowest BCUT2D eigenvalue weighted by Gasteiger charge is -2.27. The fourth-order valence-electron chi connectivity index (χ4n) is 2.46. The zero-order chi connectivity index (χ0) is 13.8. The van der Waals surface area contributed by atoms with Gasteiger partial charge in [0.25, 0.3) is 0 Å². The predicted octanol–water partition coefficient (Wildman–Crippen LogP) is 2.90. The van der Waals surface area contributed by atoms with Gasteiger partial charge in [-0.1, -0.05) is 19.9 Å². The minimum atomic E-state index is 0.615. The van der Waals surface area contributed by atoms with E-state index in [4.69, 9.17) is 0 Å². The zero-order valence-corrected chi connectivity index (χ0v) is 12.1. The lowest BCUT2D eigenvalue weighted by molar-refractivity contribution is 0.607. The molecule has 0 saturated heterocycles. The van der Waals surface area contributed by atoms with Crippen LogP contribution in [0.25, 0.3) is 0 Å². The van der Waals surface area contributed by atoms with Crippen molar-refractivity contribution in [2.24, 2.45) is 5.92 Å². The van der Waals surface area contributed by atoms with E-state index in [1.807, 2.05) is 13.1 Å². The number of anilines is 1. The van der Waals surface area contributed by atoms with Gasteiger partial charge in [0, 0.05) is 19.1 Å². The Bertz CT molecular complexity index is 469. The summed E-state index contributed by atoms with van der Waals surface area (Å²) in [6, 6.07) is 9.26. The molecule has 19 heavy (non-hydrogen) atoms. The molecule has 1 fully saturated rings. The quantitative estimate of drug-likeness (QED) is 0.851. The number of nitrogens with zero attached hydrogens (tertiary/aromatic N) is 2. The average Bonchev–Trinajstić information content (AvgIpc) is 3.20. The van der Waals surface area contributed by atoms with Gasteiger partial charge >= 0.3 is 0 Å². The smallest absolute Gasteiger partial charge is 0.101 e. The topological polar surface area (TPSA) is 39.1 Å². The maximum absolute atomic E-state index is 9.40. The molecular weight excluding hydrogens is 234 g/mol. The van der Waals surface area contributed by atoms with Crippen LogP contribution in [0.4, 0.5) is 5.69 Å². The number of nitriles is 1. The van der Waals surface area contributed by atoms with Crippen LogP contribution in [-0.2, 0) is 6.54 Å². The van der Waals surface area contributed by atoms with E-state index in [0.717, 1.165) is 24.3 Å². The number of benzene rings is 1. The number of hydrogen-bond donors (Lipinski definition) is 1. The molecule has 0 amide bonds. The first kappa shape index (κ1) is 13.9. The van der Waals surface area contributed by atoms with Gasteiger partial charge in [0.1, 0.15) is 6.07 Å². The summed E-state index contributed by atoms with van der Waals surface area (Å²) in [5, 5.41) is 12.5. The Morgan fingerprint density at radius 3 is 2.68 bits per heavy atom. The molecule has 0 atom stereocenters. The van der Waals surface area contributed by atoms with Crippen LogP contribution in [-0.4, -0.2) is 19.6 Å². The molecule has 0 heterocycles. The van der Waals surface area contributed by atoms with Crippen LogP contribution in [0.3, 0.4) is 0 Å². The van der Waals surface area contributed by atoms with Gasteiger partial charge in [-0.3, -0.25) is 0 Å². The maximum atomic E-state index is 9.40. The molecule has 0 aliphatic heterocycles. The third-order valence-electron chi connectivity index (χ3n) is 3.42. The Hall–Kier alpha value is -1.53. The molecule has 1 aromatic carbocycles. The Morgan fingerprint density at radius 2 is 2.16 bits per heavy atom. The highest BCUT2D eigenvalue weighted by Gasteiger charge is 2.30. The molecule has 1 aromatic rings. The van der Waals surface area contributed by atoms with Crippen molar-refractivity contribution in [2.45, 2.75) is 39.3 Å². The summed E-state index contributed by atoms with van der Waals surface area (Å²) < 4.78 is 0. The van der Waals surface area contributed by atoms with E-state index in [1.165, 1.54) is 18.4 Å². The predicted molar refractivity (Wildman–Crippen MR) is 79.1 cm³/mol. The first-order valence-corrected chi connectivity index (χ1v) is 7.10. The highest BCUT2D eigenvalue weighted by Crippen LogP contribution is 2.34. The second-order valence-corrected chi connectivity index (χ2v) is 5.77. The van der Waals surface area contributed by atoms with Crippen molar-refractivity contribution in [3.05, 3.63) is 29.3 Å². The van der Waals surface area contributed by atoms with E-state index in [1.54, 1.807) is 0 Å². The molecule has 1 N–H and O–H groups in total. The molecule has 1 aliphatic carbocycles. The standard InChI is InChI=1S/C16H23N3/c1-12(2)11-19(15-5-6-15)16-7-4-13(10-18-3)8-14(16)9-17/h4,7-8,12,15,18H,5-6,10-11H2,1-3H3. The molecule has 0 radical (unpaired) electrons. The molecule has 1 saturated carbocycles. The van der Waals surface area contributed by atoms with E-state index in [2.05, 4.69) is 42.3 Å². The Morgan fingerprint density at radius 1 is 1.42 bits per heavy atom. The summed E-state index contributed by atoms with van der Waals surface area (Å²) in [6.45, 7) is 6.31. The van der Waals surface area contributed by atoms with Gasteiger partial charge in [0.2, 0.25) is 0 Å². The summed E-state index contributed by atoms with van der Waals surface area (Å²) in [5.74, 6) is 0.615. The molecule has 0 spiro atoms. The lowest BCUT2D eigenvalue weighted by atomic mass is 10.1. The molecule has 1 aliphatic rings. The Labute approximate surface area is 116 Å². The van der Waals surface area contributed by atoms with Crippen molar-refractivity contribution in [1.82, 2.24) is 5.32 Å². The van der Waals surface area contributed by atoms with E-state index in [-0.39, 0.29) is 0 Å². The monoisotopic (exact) mass is 257 g/mol. The average molecular weight is 257 g/mol. The molecule has 2 rings (SSSR count). The van der Waals surface area contributed by atoms with Crippen molar-refractivity contribution >= 4 is 5.69 Å². The van der Waals surface area contributed by atoms with Crippen LogP contribution in [0.1, 0.15) is 37.8 Å². The molecule has 102 valence electrons. The van der Waals surface area contributed by atoms with Gasteiger partial charge in [-0.15, -0.1) is 0 Å². The van der Waals surface area contributed by atoms with E-state index >= 15 is 0 Å². The molecule has 0 bridgehead atoms. The van der Waals surface area contributed by atoms with Gasteiger partial charge < -0.3 is 10.2 Å². The van der Waals surface area contributed by atoms with Crippen LogP contribution in [0.5, 0.6) is 0 Å². The van der Waals surface area contributed by atoms with Crippen LogP contribution < -0.4 is 10.2 Å². The highest BCUT2D eigenvalue weighted by atomic mass is 15.2. The van der Waals surface area contributed by atoms with Crippen molar-refractivity contribution in [3.8, 4) is 6.07 Å². The molecular formula is C16H23N3. The minimum absolute atomic E-state index is 0.615. The van der Waals surface area contributed by atoms with Gasteiger partial charge in [-0.2, -0.15) is 5.26 Å². The third-order valence-corrected chi connectivity index (χ3v) is 3.42. The summed E-state index contributed by atoms with van der Waals surface area (Å²) >= 11 is 0. The number of rotatable bonds is 6. The first-order valence-electron chi connectivity index (χ1n) is 7.10. The molecule has 0 unspecified atom stereocenters. The Kier molecular flexibility index (Phi) is 4.44. The number of hydrogen-bond acceptors (Lipinski definition) is 3. The number of nitrogens with one attached hydrogen (secondary N) is 1. The molecule has 0 aromatic heterocycles. The lowest BCUT2D eigenvalue weighted by Crippen LogP contribution is -2.30. The van der Waals surface area contributed by atoms with E-state index in [0.29, 0.717) is 12.0 Å². The summed E-state index contributed by atoms with van der Waals surface area (Å²) in [5.41, 5.74) is 3.09. The SMILES string of the molecule is CNCc1ccc(N(CC(C)C)C2CC2)c(C#N)c1. The fraction of sp³-hybridized carbons (Fsp3) is 0.562. The second-order valence-electron chi connectivity index (χ2n) is 5.77. The second kappa shape index (κ2) is 6.08. The van der Waals surface area contributed by atoms with E-state index in [9.17, 15) is 5.26 Å². The summed E-state index contributed by atoms with van der Waals surface area (Å²) in [6.07, 6.45) is 2.52. The molecule has 3 heteroatoms. The first-order chi connectivity index (χ1) is 9.15. The van der Waals surface area contributed by atoms with Crippen LogP contribution in [0, 0.1) is 17.2 Å².